The topological polar surface area (TPSA) is 17.1 Å². The van der Waals surface area contributed by atoms with Gasteiger partial charge in [0, 0.05) is 12.0 Å². The van der Waals surface area contributed by atoms with Gasteiger partial charge in [0.15, 0.2) is 5.78 Å². The third-order valence-electron chi connectivity index (χ3n) is 1.64. The summed E-state index contributed by atoms with van der Waals surface area (Å²) in [6.45, 7) is 5.51. The van der Waals surface area contributed by atoms with Gasteiger partial charge in [-0.15, -0.1) is 0 Å². The molecule has 1 aromatic carbocycles. The van der Waals surface area contributed by atoms with Crippen LogP contribution in [0.2, 0.25) is 5.02 Å². The highest BCUT2D eigenvalue weighted by Gasteiger charge is 2.08. The molecule has 0 amide bonds. The lowest BCUT2D eigenvalue weighted by Crippen LogP contribution is -1.99. The predicted octanol–water partition coefficient (Wildman–Crippen LogP) is 3.49. The Morgan fingerprint density at radius 3 is 2.62 bits per heavy atom. The quantitative estimate of drug-likeness (QED) is 0.532. The molecule has 0 atom stereocenters. The number of hydrogen-bond donors (Lipinski definition) is 0. The highest BCUT2D eigenvalue weighted by Crippen LogP contribution is 2.17. The van der Waals surface area contributed by atoms with Crippen LogP contribution in [0.4, 0.5) is 0 Å². The summed E-state index contributed by atoms with van der Waals surface area (Å²) in [7, 11) is 0. The van der Waals surface area contributed by atoms with Crippen molar-refractivity contribution in [3.8, 4) is 0 Å². The third kappa shape index (κ3) is 2.71. The van der Waals surface area contributed by atoms with Crippen molar-refractivity contribution in [3.05, 3.63) is 47.0 Å². The first-order valence-electron chi connectivity index (χ1n) is 4.03. The summed E-state index contributed by atoms with van der Waals surface area (Å²) >= 11 is 5.85. The van der Waals surface area contributed by atoms with Gasteiger partial charge in [-0.1, -0.05) is 35.9 Å². The molecule has 1 nitrogen and oxygen atoms in total. The van der Waals surface area contributed by atoms with Gasteiger partial charge in [-0.25, -0.2) is 0 Å². The molecular formula is C11H11ClO. The average Bonchev–Trinajstić information content (AvgIpc) is 2.03. The number of rotatable bonds is 3. The van der Waals surface area contributed by atoms with Gasteiger partial charge in [0.1, 0.15) is 0 Å². The molecule has 0 saturated heterocycles. The summed E-state index contributed by atoms with van der Waals surface area (Å²) < 4.78 is 0. The molecule has 0 unspecified atom stereocenters. The fourth-order valence-electron chi connectivity index (χ4n) is 1.06. The van der Waals surface area contributed by atoms with Gasteiger partial charge in [-0.05, 0) is 19.1 Å². The molecule has 0 N–H and O–H groups in total. The zero-order valence-corrected chi connectivity index (χ0v) is 8.27. The second-order valence-electron chi connectivity index (χ2n) is 3.04. The highest BCUT2D eigenvalue weighted by molar-refractivity contribution is 6.34. The molecule has 0 bridgehead atoms. The Balaban J connectivity index is 2.89. The number of Topliss-reactive ketones (excluding diaryl/α,β-unsaturated/α-hetero) is 1. The van der Waals surface area contributed by atoms with Gasteiger partial charge in [0.05, 0.1) is 5.02 Å². The SMILES string of the molecule is C=C(C)CC(=O)c1ccccc1Cl. The average molecular weight is 195 g/mol. The molecule has 0 aliphatic rings. The summed E-state index contributed by atoms with van der Waals surface area (Å²) in [5, 5.41) is 0.508. The molecule has 0 radical (unpaired) electrons. The molecule has 0 aliphatic heterocycles. The Kier molecular flexibility index (Phi) is 3.26. The maximum Gasteiger partial charge on any atom is 0.168 e. The zero-order valence-electron chi connectivity index (χ0n) is 7.51. The summed E-state index contributed by atoms with van der Waals surface area (Å²) in [4.78, 5) is 11.5. The van der Waals surface area contributed by atoms with Gasteiger partial charge in [0.25, 0.3) is 0 Å². The van der Waals surface area contributed by atoms with E-state index in [1.165, 1.54) is 0 Å². The van der Waals surface area contributed by atoms with E-state index in [9.17, 15) is 4.79 Å². The number of benzene rings is 1. The second kappa shape index (κ2) is 4.24. The standard InChI is InChI=1S/C11H11ClO/c1-8(2)7-11(13)9-5-3-4-6-10(9)12/h3-6H,1,7H2,2H3. The van der Waals surface area contributed by atoms with Crippen molar-refractivity contribution in [1.29, 1.82) is 0 Å². The molecule has 68 valence electrons. The van der Waals surface area contributed by atoms with Crippen molar-refractivity contribution in [2.24, 2.45) is 0 Å². The van der Waals surface area contributed by atoms with Gasteiger partial charge in [0.2, 0.25) is 0 Å². The minimum Gasteiger partial charge on any atom is -0.294 e. The number of allylic oxidation sites excluding steroid dienone is 1. The fraction of sp³-hybridized carbons (Fsp3) is 0.182. The van der Waals surface area contributed by atoms with Crippen LogP contribution >= 0.6 is 11.6 Å². The van der Waals surface area contributed by atoms with E-state index in [2.05, 4.69) is 6.58 Å². The van der Waals surface area contributed by atoms with E-state index in [-0.39, 0.29) is 5.78 Å². The number of ketones is 1. The molecule has 0 aliphatic carbocycles. The van der Waals surface area contributed by atoms with Crippen LogP contribution in [0.1, 0.15) is 23.7 Å². The number of hydrogen-bond acceptors (Lipinski definition) is 1. The summed E-state index contributed by atoms with van der Waals surface area (Å²) in [5.74, 6) is 0.0260. The smallest absolute Gasteiger partial charge is 0.168 e. The monoisotopic (exact) mass is 194 g/mol. The largest absolute Gasteiger partial charge is 0.294 e. The summed E-state index contributed by atoms with van der Waals surface area (Å²) in [6.07, 6.45) is 0.365. The lowest BCUT2D eigenvalue weighted by Gasteiger charge is -2.01. The van der Waals surface area contributed by atoms with Crippen LogP contribution in [0, 0.1) is 0 Å². The van der Waals surface area contributed by atoms with Crippen LogP contribution in [-0.2, 0) is 0 Å². The van der Waals surface area contributed by atoms with Crippen molar-refractivity contribution in [2.75, 3.05) is 0 Å². The van der Waals surface area contributed by atoms with E-state index in [4.69, 9.17) is 11.6 Å². The lowest BCUT2D eigenvalue weighted by molar-refractivity contribution is 0.0993. The van der Waals surface area contributed by atoms with Crippen molar-refractivity contribution in [2.45, 2.75) is 13.3 Å². The highest BCUT2D eigenvalue weighted by atomic mass is 35.5. The Labute approximate surface area is 83.0 Å². The molecule has 0 spiro atoms. The third-order valence-corrected chi connectivity index (χ3v) is 1.97. The van der Waals surface area contributed by atoms with E-state index >= 15 is 0 Å². The van der Waals surface area contributed by atoms with E-state index in [0.717, 1.165) is 5.57 Å². The van der Waals surface area contributed by atoms with Crippen LogP contribution < -0.4 is 0 Å². The van der Waals surface area contributed by atoms with Gasteiger partial charge < -0.3 is 0 Å². The van der Waals surface area contributed by atoms with Crippen LogP contribution in [0.15, 0.2) is 36.4 Å². The first kappa shape index (κ1) is 10.0. The van der Waals surface area contributed by atoms with Crippen molar-refractivity contribution < 1.29 is 4.79 Å². The molecule has 0 fully saturated rings. The number of halogens is 1. The number of carbonyl (C=O) groups excluding carboxylic acids is 1. The molecule has 0 saturated carbocycles. The molecule has 2 heteroatoms. The maximum atomic E-state index is 11.5. The molecule has 0 heterocycles. The van der Waals surface area contributed by atoms with Crippen molar-refractivity contribution >= 4 is 17.4 Å². The molecular weight excluding hydrogens is 184 g/mol. The molecule has 0 aromatic heterocycles. The van der Waals surface area contributed by atoms with Crippen molar-refractivity contribution in [1.82, 2.24) is 0 Å². The minimum atomic E-state index is 0.0260. The Morgan fingerprint density at radius 1 is 1.46 bits per heavy atom. The first-order chi connectivity index (χ1) is 6.11. The normalized spacial score (nSPS) is 9.69. The van der Waals surface area contributed by atoms with Crippen LogP contribution in [0.3, 0.4) is 0 Å². The first-order valence-corrected chi connectivity index (χ1v) is 4.41. The molecule has 13 heavy (non-hydrogen) atoms. The molecule has 1 aromatic rings. The van der Waals surface area contributed by atoms with Crippen LogP contribution in [-0.4, -0.2) is 5.78 Å². The summed E-state index contributed by atoms with van der Waals surface area (Å²) in [5.41, 5.74) is 1.43. The Morgan fingerprint density at radius 2 is 2.08 bits per heavy atom. The van der Waals surface area contributed by atoms with Crippen molar-refractivity contribution in [3.63, 3.8) is 0 Å². The summed E-state index contributed by atoms with van der Waals surface area (Å²) in [6, 6.07) is 7.05. The van der Waals surface area contributed by atoms with Gasteiger partial charge in [-0.2, -0.15) is 0 Å². The molecule has 1 rings (SSSR count). The van der Waals surface area contributed by atoms with Gasteiger partial charge >= 0.3 is 0 Å². The Hall–Kier alpha value is -1.08. The maximum absolute atomic E-state index is 11.5. The number of carbonyl (C=O) groups is 1. The lowest BCUT2D eigenvalue weighted by atomic mass is 10.1. The van der Waals surface area contributed by atoms with Gasteiger partial charge in [-0.3, -0.25) is 4.79 Å². The van der Waals surface area contributed by atoms with E-state index < -0.39 is 0 Å². The minimum absolute atomic E-state index is 0.0260. The second-order valence-corrected chi connectivity index (χ2v) is 3.44. The predicted molar refractivity (Wildman–Crippen MR) is 55.2 cm³/mol. The zero-order chi connectivity index (χ0) is 9.84. The van der Waals surface area contributed by atoms with E-state index in [1.54, 1.807) is 24.3 Å². The van der Waals surface area contributed by atoms with Crippen LogP contribution in [0.5, 0.6) is 0 Å². The van der Waals surface area contributed by atoms with E-state index in [1.807, 2.05) is 6.92 Å². The Bertz CT molecular complexity index is 342. The fourth-order valence-corrected chi connectivity index (χ4v) is 1.30. The van der Waals surface area contributed by atoms with Crippen LogP contribution in [0.25, 0.3) is 0 Å². The van der Waals surface area contributed by atoms with E-state index in [0.29, 0.717) is 17.0 Å².